The summed E-state index contributed by atoms with van der Waals surface area (Å²) in [6.45, 7) is 1.89. The maximum atomic E-state index is 11.6. The Morgan fingerprint density at radius 1 is 1.47 bits per heavy atom. The third-order valence-electron chi connectivity index (χ3n) is 2.05. The van der Waals surface area contributed by atoms with Crippen LogP contribution >= 0.6 is 12.4 Å². The predicted octanol–water partition coefficient (Wildman–Crippen LogP) is 0.344. The number of hydrogen-bond donors (Lipinski definition) is 3. The third kappa shape index (κ3) is 3.84. The number of methoxy groups -OCH3 is 1. The Morgan fingerprint density at radius 3 is 2.65 bits per heavy atom. The third-order valence-corrected chi connectivity index (χ3v) is 2.05. The van der Waals surface area contributed by atoms with Crippen molar-refractivity contribution in [3.05, 3.63) is 29.3 Å². The van der Waals surface area contributed by atoms with Crippen LogP contribution in [0, 0.1) is 6.92 Å². The van der Waals surface area contributed by atoms with Gasteiger partial charge in [-0.3, -0.25) is 10.1 Å². The molecule has 0 aromatic heterocycles. The number of hydrogen-bond acceptors (Lipinski definition) is 4. The van der Waals surface area contributed by atoms with Crippen LogP contribution in [0.2, 0.25) is 0 Å². The van der Waals surface area contributed by atoms with E-state index in [0.29, 0.717) is 11.3 Å². The molecule has 0 aliphatic rings. The molecule has 17 heavy (non-hydrogen) atoms. The van der Waals surface area contributed by atoms with Crippen LogP contribution in [-0.2, 0) is 0 Å². The second-order valence-corrected chi connectivity index (χ2v) is 3.15. The van der Waals surface area contributed by atoms with Crippen molar-refractivity contribution < 1.29 is 9.53 Å². The number of benzene rings is 1. The molecular weight excluding hydrogens is 244 g/mol. The average molecular weight is 259 g/mol. The number of carbonyl (C=O) groups is 1. The molecule has 0 aliphatic heterocycles. The Bertz CT molecular complexity index is 434. The molecule has 0 saturated heterocycles. The lowest BCUT2D eigenvalue weighted by atomic mass is 10.1. The minimum Gasteiger partial charge on any atom is -0.496 e. The molecule has 0 radical (unpaired) electrons. The van der Waals surface area contributed by atoms with Gasteiger partial charge in [-0.2, -0.15) is 0 Å². The molecule has 1 amide bonds. The van der Waals surface area contributed by atoms with Gasteiger partial charge < -0.3 is 16.3 Å². The van der Waals surface area contributed by atoms with Crippen molar-refractivity contribution in [2.45, 2.75) is 6.92 Å². The molecule has 6 nitrogen and oxygen atoms in total. The molecule has 0 heterocycles. The summed E-state index contributed by atoms with van der Waals surface area (Å²) >= 11 is 0. The van der Waals surface area contributed by atoms with Gasteiger partial charge in [-0.25, -0.2) is 0 Å². The van der Waals surface area contributed by atoms with Crippen LogP contribution in [0.5, 0.6) is 5.75 Å². The van der Waals surface area contributed by atoms with E-state index >= 15 is 0 Å². The van der Waals surface area contributed by atoms with Crippen molar-refractivity contribution in [1.82, 2.24) is 5.32 Å². The lowest BCUT2D eigenvalue weighted by molar-refractivity contribution is 0.0976. The smallest absolute Gasteiger partial charge is 0.258 e. The van der Waals surface area contributed by atoms with Crippen molar-refractivity contribution in [2.24, 2.45) is 16.7 Å². The summed E-state index contributed by atoms with van der Waals surface area (Å²) in [5.41, 5.74) is 6.64. The number of nitrogens with one attached hydrogen (secondary N) is 1. The van der Waals surface area contributed by atoms with Gasteiger partial charge in [-0.15, -0.1) is 17.5 Å². The van der Waals surface area contributed by atoms with Crippen molar-refractivity contribution in [1.29, 1.82) is 0 Å². The first kappa shape index (κ1) is 15.0. The summed E-state index contributed by atoms with van der Waals surface area (Å²) in [4.78, 5) is 11.6. The topological polar surface area (TPSA) is 103 Å². The molecule has 94 valence electrons. The van der Waals surface area contributed by atoms with Crippen LogP contribution < -0.4 is 21.6 Å². The van der Waals surface area contributed by atoms with Gasteiger partial charge in [0.05, 0.1) is 7.11 Å². The molecule has 7 heteroatoms. The Hall–Kier alpha value is -1.95. The quantitative estimate of drug-likeness (QED) is 0.308. The summed E-state index contributed by atoms with van der Waals surface area (Å²) in [6, 6.07) is 5.06. The van der Waals surface area contributed by atoms with Crippen LogP contribution in [0.25, 0.3) is 0 Å². The number of nitrogens with zero attached hydrogens (tertiary/aromatic N) is 1. The van der Waals surface area contributed by atoms with Gasteiger partial charge in [0.25, 0.3) is 5.91 Å². The number of rotatable bonds is 2. The molecule has 0 unspecified atom stereocenters. The summed E-state index contributed by atoms with van der Waals surface area (Å²) in [6.07, 6.45) is 0. The van der Waals surface area contributed by atoms with E-state index in [0.717, 1.165) is 5.56 Å². The zero-order valence-corrected chi connectivity index (χ0v) is 10.4. The largest absolute Gasteiger partial charge is 0.496 e. The maximum Gasteiger partial charge on any atom is 0.258 e. The summed E-state index contributed by atoms with van der Waals surface area (Å²) in [5.74, 6) is 5.02. The van der Waals surface area contributed by atoms with E-state index in [1.54, 1.807) is 25.3 Å². The fourth-order valence-electron chi connectivity index (χ4n) is 1.18. The van der Waals surface area contributed by atoms with Crippen LogP contribution in [-0.4, -0.2) is 19.0 Å². The first-order valence-corrected chi connectivity index (χ1v) is 4.58. The molecule has 1 rings (SSSR count). The molecule has 5 N–H and O–H groups in total. The first-order valence-electron chi connectivity index (χ1n) is 4.58. The summed E-state index contributed by atoms with van der Waals surface area (Å²) < 4.78 is 5.10. The second-order valence-electron chi connectivity index (χ2n) is 3.15. The van der Waals surface area contributed by atoms with Gasteiger partial charge in [0.15, 0.2) is 0 Å². The number of ether oxygens (including phenoxy) is 1. The Morgan fingerprint density at radius 2 is 2.12 bits per heavy atom. The monoisotopic (exact) mass is 258 g/mol. The average Bonchev–Trinajstić information content (AvgIpc) is 2.29. The van der Waals surface area contributed by atoms with Gasteiger partial charge in [0.2, 0.25) is 5.96 Å². The molecule has 0 bridgehead atoms. The number of guanidine groups is 1. The number of halogens is 1. The molecule has 1 aromatic rings. The normalized spacial score (nSPS) is 10.4. The van der Waals surface area contributed by atoms with Crippen LogP contribution in [0.3, 0.4) is 0 Å². The van der Waals surface area contributed by atoms with E-state index in [1.165, 1.54) is 0 Å². The zero-order chi connectivity index (χ0) is 12.1. The highest BCUT2D eigenvalue weighted by atomic mass is 35.5. The minimum atomic E-state index is -0.384. The first-order chi connectivity index (χ1) is 7.58. The Balaban J connectivity index is 0.00000256. The number of hydrazone groups is 1. The number of nitrogens with two attached hydrogens (primary N) is 2. The molecule has 0 fully saturated rings. The van der Waals surface area contributed by atoms with Crippen LogP contribution in [0.4, 0.5) is 0 Å². The highest BCUT2D eigenvalue weighted by Crippen LogP contribution is 2.18. The maximum absolute atomic E-state index is 11.6. The SMILES string of the molecule is COc1cc(C(=O)NC(N)=NN)ccc1C.Cl. The van der Waals surface area contributed by atoms with Crippen molar-refractivity contribution in [2.75, 3.05) is 7.11 Å². The zero-order valence-electron chi connectivity index (χ0n) is 9.56. The molecule has 0 atom stereocenters. The van der Waals surface area contributed by atoms with E-state index < -0.39 is 0 Å². The van der Waals surface area contributed by atoms with Crippen LogP contribution in [0.1, 0.15) is 15.9 Å². The van der Waals surface area contributed by atoms with E-state index in [-0.39, 0.29) is 24.3 Å². The lowest BCUT2D eigenvalue weighted by Gasteiger charge is -2.07. The van der Waals surface area contributed by atoms with E-state index in [2.05, 4.69) is 10.4 Å². The van der Waals surface area contributed by atoms with Gasteiger partial charge in [-0.1, -0.05) is 6.07 Å². The van der Waals surface area contributed by atoms with E-state index in [9.17, 15) is 4.79 Å². The second kappa shape index (κ2) is 6.59. The molecule has 0 aliphatic carbocycles. The fourth-order valence-corrected chi connectivity index (χ4v) is 1.18. The highest BCUT2D eigenvalue weighted by molar-refractivity contribution is 6.05. The van der Waals surface area contributed by atoms with Gasteiger partial charge >= 0.3 is 0 Å². The fraction of sp³-hybridized carbons (Fsp3) is 0.200. The van der Waals surface area contributed by atoms with Crippen molar-refractivity contribution >= 4 is 24.3 Å². The molecule has 1 aromatic carbocycles. The van der Waals surface area contributed by atoms with Crippen molar-refractivity contribution in [3.63, 3.8) is 0 Å². The molecule has 0 saturated carbocycles. The minimum absolute atomic E-state index is 0. The van der Waals surface area contributed by atoms with E-state index in [4.69, 9.17) is 16.3 Å². The van der Waals surface area contributed by atoms with Gasteiger partial charge in [0.1, 0.15) is 5.75 Å². The Kier molecular flexibility index (Phi) is 5.84. The number of aryl methyl sites for hydroxylation is 1. The Labute approximate surface area is 105 Å². The highest BCUT2D eigenvalue weighted by Gasteiger charge is 2.09. The molecular formula is C10H15ClN4O2. The predicted molar refractivity (Wildman–Crippen MR) is 68.3 cm³/mol. The summed E-state index contributed by atoms with van der Waals surface area (Å²) in [7, 11) is 1.54. The van der Waals surface area contributed by atoms with Crippen molar-refractivity contribution in [3.8, 4) is 5.75 Å². The van der Waals surface area contributed by atoms with E-state index in [1.807, 2.05) is 6.92 Å². The number of carbonyl (C=O) groups excluding carboxylic acids is 1. The lowest BCUT2D eigenvalue weighted by Crippen LogP contribution is -2.37. The van der Waals surface area contributed by atoms with Crippen LogP contribution in [0.15, 0.2) is 23.3 Å². The van der Waals surface area contributed by atoms with Gasteiger partial charge in [-0.05, 0) is 24.6 Å². The summed E-state index contributed by atoms with van der Waals surface area (Å²) in [5, 5.41) is 5.47. The standard InChI is InChI=1S/C10H14N4O2.ClH/c1-6-3-4-7(5-8(6)16-2)9(15)13-10(11)14-12;/h3-5H,12H2,1-2H3,(H3,11,13,14,15);1H. The molecule has 0 spiro atoms. The number of amides is 1. The van der Waals surface area contributed by atoms with Gasteiger partial charge in [0, 0.05) is 5.56 Å².